The second-order valence-electron chi connectivity index (χ2n) is 9.83. The molecule has 0 spiro atoms. The summed E-state index contributed by atoms with van der Waals surface area (Å²) in [6, 6.07) is 14.5. The number of carbonyl (C=O) groups excluding carboxylic acids is 3. The summed E-state index contributed by atoms with van der Waals surface area (Å²) >= 11 is 0. The monoisotopic (exact) mass is 532 g/mol. The molecule has 0 aromatic heterocycles. The smallest absolute Gasteiger partial charge is 0.416 e. The van der Waals surface area contributed by atoms with Crippen LogP contribution in [0.2, 0.25) is 0 Å². The molecule has 7 nitrogen and oxygen atoms in total. The number of carbonyl (C=O) groups is 3. The minimum Gasteiger partial charge on any atom is -0.454 e. The zero-order valence-corrected chi connectivity index (χ0v) is 20.1. The van der Waals surface area contributed by atoms with Crippen LogP contribution in [0.25, 0.3) is 6.08 Å². The molecule has 0 saturated carbocycles. The lowest BCUT2D eigenvalue weighted by atomic mass is 9.83. The van der Waals surface area contributed by atoms with Gasteiger partial charge in [-0.2, -0.15) is 13.2 Å². The molecule has 39 heavy (non-hydrogen) atoms. The number of halogens is 3. The van der Waals surface area contributed by atoms with Crippen molar-refractivity contribution in [3.05, 3.63) is 95.2 Å². The van der Waals surface area contributed by atoms with Gasteiger partial charge in [0, 0.05) is 11.8 Å². The van der Waals surface area contributed by atoms with Crippen LogP contribution in [0.1, 0.15) is 33.1 Å². The minimum atomic E-state index is -4.65. The quantitative estimate of drug-likeness (QED) is 0.355. The Labute approximate surface area is 220 Å². The molecule has 2 amide bonds. The van der Waals surface area contributed by atoms with Crippen LogP contribution in [0, 0.1) is 11.8 Å². The molecule has 3 aromatic rings. The molecular formula is C29H19F3N2O5. The van der Waals surface area contributed by atoms with Crippen molar-refractivity contribution in [3.8, 4) is 11.5 Å². The van der Waals surface area contributed by atoms with E-state index in [4.69, 9.17) is 9.47 Å². The van der Waals surface area contributed by atoms with Gasteiger partial charge in [-0.25, -0.2) is 4.90 Å². The maximum absolute atomic E-state index is 14.0. The Hall–Kier alpha value is -4.60. The van der Waals surface area contributed by atoms with Crippen LogP contribution >= 0.6 is 0 Å². The van der Waals surface area contributed by atoms with Crippen molar-refractivity contribution in [2.75, 3.05) is 11.7 Å². The lowest BCUT2D eigenvalue weighted by Gasteiger charge is -2.35. The largest absolute Gasteiger partial charge is 0.454 e. The second kappa shape index (κ2) is 8.20. The Morgan fingerprint density at radius 2 is 1.64 bits per heavy atom. The van der Waals surface area contributed by atoms with Crippen molar-refractivity contribution in [1.82, 2.24) is 4.90 Å². The molecule has 7 rings (SSSR count). The summed E-state index contributed by atoms with van der Waals surface area (Å²) in [5.41, 5.74) is 0.732. The number of rotatable bonds is 3. The number of hydrogen-bond donors (Lipinski definition) is 0. The highest BCUT2D eigenvalue weighted by Crippen LogP contribution is 2.54. The molecule has 3 aromatic carbocycles. The van der Waals surface area contributed by atoms with Gasteiger partial charge in [0.05, 0.1) is 29.1 Å². The van der Waals surface area contributed by atoms with Crippen molar-refractivity contribution in [2.24, 2.45) is 11.8 Å². The van der Waals surface area contributed by atoms with Crippen LogP contribution in [0.3, 0.4) is 0 Å². The van der Waals surface area contributed by atoms with Gasteiger partial charge in [0.2, 0.25) is 18.6 Å². The number of ketones is 1. The summed E-state index contributed by atoms with van der Waals surface area (Å²) in [5.74, 6) is -2.93. The first-order valence-electron chi connectivity index (χ1n) is 12.3. The van der Waals surface area contributed by atoms with E-state index in [1.54, 1.807) is 29.3 Å². The second-order valence-corrected chi connectivity index (χ2v) is 9.83. The molecule has 2 saturated heterocycles. The van der Waals surface area contributed by atoms with Crippen LogP contribution in [-0.2, 0) is 15.8 Å². The lowest BCUT2D eigenvalue weighted by molar-refractivity contribution is -0.137. The van der Waals surface area contributed by atoms with E-state index >= 15 is 0 Å². The van der Waals surface area contributed by atoms with E-state index in [0.717, 1.165) is 34.2 Å². The Balaban J connectivity index is 1.35. The van der Waals surface area contributed by atoms with E-state index in [2.05, 4.69) is 0 Å². The Morgan fingerprint density at radius 3 is 2.46 bits per heavy atom. The molecule has 0 radical (unpaired) electrons. The van der Waals surface area contributed by atoms with Crippen LogP contribution < -0.4 is 14.4 Å². The van der Waals surface area contributed by atoms with Gasteiger partial charge in [0.15, 0.2) is 17.3 Å². The molecule has 4 heterocycles. The molecule has 4 aliphatic heterocycles. The fourth-order valence-corrected chi connectivity index (χ4v) is 6.15. The van der Waals surface area contributed by atoms with E-state index in [-0.39, 0.29) is 18.0 Å². The maximum Gasteiger partial charge on any atom is 0.416 e. The zero-order chi connectivity index (χ0) is 27.1. The zero-order valence-electron chi connectivity index (χ0n) is 20.1. The van der Waals surface area contributed by atoms with Crippen molar-refractivity contribution in [3.63, 3.8) is 0 Å². The Bertz CT molecular complexity index is 1600. The fourth-order valence-electron chi connectivity index (χ4n) is 6.15. The SMILES string of the molecule is O=C(c1ccc2c(c1)OCO2)[C@@H]1[C@@H]2C(=O)N(c3cccc(C(F)(F)F)c3)C(=O)[C@@H]2C2c3ccccc3C=CN21. The molecule has 10 heteroatoms. The summed E-state index contributed by atoms with van der Waals surface area (Å²) in [7, 11) is 0. The van der Waals surface area contributed by atoms with E-state index in [1.807, 2.05) is 30.3 Å². The summed E-state index contributed by atoms with van der Waals surface area (Å²) in [4.78, 5) is 44.4. The predicted molar refractivity (Wildman–Crippen MR) is 132 cm³/mol. The van der Waals surface area contributed by atoms with E-state index < -0.39 is 53.3 Å². The highest BCUT2D eigenvalue weighted by Gasteiger charge is 2.64. The van der Waals surface area contributed by atoms with Crippen molar-refractivity contribution in [1.29, 1.82) is 0 Å². The molecule has 1 unspecified atom stereocenters. The number of Topliss-reactive ketones (excluding diaryl/α,β-unsaturated/α-hetero) is 1. The number of fused-ring (bicyclic) bond motifs is 6. The number of nitrogens with zero attached hydrogens (tertiary/aromatic N) is 2. The normalized spacial score (nSPS) is 24.6. The maximum atomic E-state index is 14.0. The summed E-state index contributed by atoms with van der Waals surface area (Å²) in [6.45, 7) is 0.0216. The van der Waals surface area contributed by atoms with Gasteiger partial charge in [0.25, 0.3) is 0 Å². The van der Waals surface area contributed by atoms with Gasteiger partial charge in [-0.15, -0.1) is 0 Å². The number of benzene rings is 3. The number of anilines is 1. The molecule has 2 fully saturated rings. The molecule has 4 aliphatic rings. The summed E-state index contributed by atoms with van der Waals surface area (Å²) in [6.07, 6.45) is -1.11. The highest BCUT2D eigenvalue weighted by molar-refractivity contribution is 6.24. The van der Waals surface area contributed by atoms with Gasteiger partial charge in [-0.05, 0) is 53.6 Å². The molecule has 4 atom stereocenters. The molecule has 0 aliphatic carbocycles. The summed E-state index contributed by atoms with van der Waals surface area (Å²) in [5, 5.41) is 0. The number of imide groups is 1. The molecular weight excluding hydrogens is 513 g/mol. The van der Waals surface area contributed by atoms with Crippen LogP contribution in [-0.4, -0.2) is 35.3 Å². The minimum absolute atomic E-state index is 0.0216. The predicted octanol–water partition coefficient (Wildman–Crippen LogP) is 4.83. The number of ether oxygens (including phenoxy) is 2. The van der Waals surface area contributed by atoms with E-state index in [9.17, 15) is 27.6 Å². The average molecular weight is 532 g/mol. The highest BCUT2D eigenvalue weighted by atomic mass is 19.4. The molecule has 0 bridgehead atoms. The molecule has 196 valence electrons. The van der Waals surface area contributed by atoms with Gasteiger partial charge < -0.3 is 14.4 Å². The number of amides is 2. The van der Waals surface area contributed by atoms with Crippen molar-refractivity contribution in [2.45, 2.75) is 18.3 Å². The van der Waals surface area contributed by atoms with Gasteiger partial charge >= 0.3 is 6.18 Å². The standard InChI is InChI=1S/C29H19F3N2O5/c30-29(31,32)17-5-3-6-18(13-17)34-27(36)22-23(28(34)37)25(26(35)16-8-9-20-21(12-16)39-14-38-20)33-11-10-15-4-1-2-7-19(15)24(22)33/h1-13,22-25H,14H2/t22-,23+,24?,25-/m0/s1. The topological polar surface area (TPSA) is 76.1 Å². The third-order valence-corrected chi connectivity index (χ3v) is 7.82. The summed E-state index contributed by atoms with van der Waals surface area (Å²) < 4.78 is 51.1. The first-order chi connectivity index (χ1) is 18.7. The van der Waals surface area contributed by atoms with Crippen LogP contribution in [0.4, 0.5) is 18.9 Å². The van der Waals surface area contributed by atoms with Gasteiger partial charge in [0.1, 0.15) is 6.04 Å². The third kappa shape index (κ3) is 3.40. The van der Waals surface area contributed by atoms with E-state index in [0.29, 0.717) is 11.5 Å². The first-order valence-corrected chi connectivity index (χ1v) is 12.3. The molecule has 0 N–H and O–H groups in total. The number of alkyl halides is 3. The van der Waals surface area contributed by atoms with Crippen molar-refractivity contribution < 1.29 is 37.0 Å². The lowest BCUT2D eigenvalue weighted by Crippen LogP contribution is -2.44. The Morgan fingerprint density at radius 1 is 0.872 bits per heavy atom. The number of hydrogen-bond acceptors (Lipinski definition) is 6. The first kappa shape index (κ1) is 23.5. The van der Waals surface area contributed by atoms with Crippen molar-refractivity contribution >= 4 is 29.4 Å². The van der Waals surface area contributed by atoms with Crippen LogP contribution in [0.5, 0.6) is 11.5 Å². The third-order valence-electron chi connectivity index (χ3n) is 7.82. The van der Waals surface area contributed by atoms with Crippen LogP contribution in [0.15, 0.2) is 72.9 Å². The van der Waals surface area contributed by atoms with Gasteiger partial charge in [-0.1, -0.05) is 30.3 Å². The fraction of sp³-hybridized carbons (Fsp3) is 0.207. The Kier molecular flexibility index (Phi) is 4.94. The average Bonchev–Trinajstić information content (AvgIpc) is 3.60. The van der Waals surface area contributed by atoms with Gasteiger partial charge in [-0.3, -0.25) is 14.4 Å². The van der Waals surface area contributed by atoms with E-state index in [1.165, 1.54) is 6.07 Å².